The Morgan fingerprint density at radius 2 is 1.71 bits per heavy atom. The molecule has 1 heterocycles. The normalized spacial score (nSPS) is 19.9. The molecule has 0 aromatic heterocycles. The molecule has 2 aromatic carbocycles. The van der Waals surface area contributed by atoms with E-state index in [1.807, 2.05) is 0 Å². The molecular weight excluding hydrogens is 406 g/mol. The molecule has 7 nitrogen and oxygen atoms in total. The molecule has 1 aliphatic rings. The summed E-state index contributed by atoms with van der Waals surface area (Å²) in [4.78, 5) is 24.5. The van der Waals surface area contributed by atoms with Crippen molar-refractivity contribution in [3.8, 4) is 0 Å². The van der Waals surface area contributed by atoms with Crippen molar-refractivity contribution in [1.82, 2.24) is 4.31 Å². The van der Waals surface area contributed by atoms with E-state index >= 15 is 0 Å². The third-order valence-electron chi connectivity index (χ3n) is 4.39. The van der Waals surface area contributed by atoms with Crippen LogP contribution < -0.4 is 0 Å². The van der Waals surface area contributed by atoms with Crippen molar-refractivity contribution in [3.63, 3.8) is 0 Å². The van der Waals surface area contributed by atoms with E-state index in [9.17, 15) is 18.0 Å². The number of methoxy groups -OCH3 is 1. The Hall–Kier alpha value is -2.42. The maximum Gasteiger partial charge on any atom is 0.338 e. The second-order valence-electron chi connectivity index (χ2n) is 6.20. The maximum atomic E-state index is 13.0. The van der Waals surface area contributed by atoms with Gasteiger partial charge in [0.05, 0.1) is 24.1 Å². The van der Waals surface area contributed by atoms with E-state index in [2.05, 4.69) is 0 Å². The van der Waals surface area contributed by atoms with Gasteiger partial charge in [-0.2, -0.15) is 4.31 Å². The summed E-state index contributed by atoms with van der Waals surface area (Å²) in [6.07, 6.45) is -0.774. The largest absolute Gasteiger partial charge is 0.468 e. The lowest BCUT2D eigenvalue weighted by Crippen LogP contribution is -2.41. The van der Waals surface area contributed by atoms with Crippen molar-refractivity contribution in [1.29, 1.82) is 0 Å². The topological polar surface area (TPSA) is 90.0 Å². The lowest BCUT2D eigenvalue weighted by molar-refractivity contribution is -0.144. The van der Waals surface area contributed by atoms with E-state index in [1.54, 1.807) is 30.3 Å². The summed E-state index contributed by atoms with van der Waals surface area (Å²) >= 11 is 5.81. The highest BCUT2D eigenvalue weighted by Crippen LogP contribution is 2.29. The van der Waals surface area contributed by atoms with Gasteiger partial charge in [-0.25, -0.2) is 13.2 Å². The fourth-order valence-electron chi connectivity index (χ4n) is 3.00. The van der Waals surface area contributed by atoms with Crippen LogP contribution in [-0.4, -0.2) is 50.5 Å². The van der Waals surface area contributed by atoms with Crippen molar-refractivity contribution in [2.45, 2.75) is 23.5 Å². The molecule has 0 amide bonds. The van der Waals surface area contributed by atoms with Crippen LogP contribution in [0.5, 0.6) is 0 Å². The maximum absolute atomic E-state index is 13.0. The molecule has 2 atom stereocenters. The number of hydrogen-bond donors (Lipinski definition) is 0. The zero-order valence-corrected chi connectivity index (χ0v) is 16.5. The standard InChI is InChI=1S/C19H18ClNO6S/c1-26-19(23)17-11-15(27-18(22)13-7-9-14(20)10-8-13)12-21(17)28(24,25)16-5-3-2-4-6-16/h2-10,15,17H,11-12H2,1H3/t15-,17+/m1/s1. The molecule has 1 saturated heterocycles. The van der Waals surface area contributed by atoms with Gasteiger partial charge in [-0.15, -0.1) is 0 Å². The molecule has 2 aromatic rings. The van der Waals surface area contributed by atoms with Crippen LogP contribution in [0.1, 0.15) is 16.8 Å². The zero-order chi connectivity index (χ0) is 20.3. The van der Waals surface area contributed by atoms with Crippen LogP contribution in [0.15, 0.2) is 59.5 Å². The molecule has 0 saturated carbocycles. The number of carbonyl (C=O) groups excluding carboxylic acids is 2. The van der Waals surface area contributed by atoms with Crippen molar-refractivity contribution >= 4 is 33.6 Å². The van der Waals surface area contributed by atoms with Gasteiger partial charge in [0.1, 0.15) is 12.1 Å². The van der Waals surface area contributed by atoms with Gasteiger partial charge in [0.25, 0.3) is 0 Å². The SMILES string of the molecule is COC(=O)[C@@H]1C[C@@H](OC(=O)c2ccc(Cl)cc2)CN1S(=O)(=O)c1ccccc1. The van der Waals surface area contributed by atoms with Gasteiger partial charge in [-0.3, -0.25) is 4.79 Å². The number of nitrogens with zero attached hydrogens (tertiary/aromatic N) is 1. The summed E-state index contributed by atoms with van der Waals surface area (Å²) in [5.74, 6) is -1.33. The van der Waals surface area contributed by atoms with E-state index in [0.717, 1.165) is 4.31 Å². The van der Waals surface area contributed by atoms with Crippen molar-refractivity contribution in [2.75, 3.05) is 13.7 Å². The molecule has 0 N–H and O–H groups in total. The number of hydrogen-bond acceptors (Lipinski definition) is 6. The predicted molar refractivity (Wildman–Crippen MR) is 101 cm³/mol. The third kappa shape index (κ3) is 4.19. The van der Waals surface area contributed by atoms with Gasteiger partial charge in [0, 0.05) is 11.4 Å². The molecule has 0 unspecified atom stereocenters. The molecule has 1 fully saturated rings. The lowest BCUT2D eigenvalue weighted by atomic mass is 10.2. The first kappa shape index (κ1) is 20.3. The second-order valence-corrected chi connectivity index (χ2v) is 8.52. The number of esters is 2. The number of halogens is 1. The smallest absolute Gasteiger partial charge is 0.338 e. The Labute approximate surface area is 167 Å². The van der Waals surface area contributed by atoms with Crippen LogP contribution in [0.25, 0.3) is 0 Å². The molecular formula is C19H18ClNO6S. The van der Waals surface area contributed by atoms with E-state index in [1.165, 1.54) is 31.4 Å². The van der Waals surface area contributed by atoms with Gasteiger partial charge in [0.15, 0.2) is 0 Å². The molecule has 3 rings (SSSR count). The predicted octanol–water partition coefficient (Wildman–Crippen LogP) is 2.50. The first-order chi connectivity index (χ1) is 13.3. The summed E-state index contributed by atoms with van der Waals surface area (Å²) in [5.41, 5.74) is 0.281. The Kier molecular flexibility index (Phi) is 6.02. The lowest BCUT2D eigenvalue weighted by Gasteiger charge is -2.21. The molecule has 0 bridgehead atoms. The quantitative estimate of drug-likeness (QED) is 0.686. The van der Waals surface area contributed by atoms with Crippen LogP contribution >= 0.6 is 11.6 Å². The minimum atomic E-state index is -3.96. The summed E-state index contributed by atoms with van der Waals surface area (Å²) in [6.45, 7) is -0.143. The minimum Gasteiger partial charge on any atom is -0.468 e. The molecule has 1 aliphatic heterocycles. The molecule has 0 aliphatic carbocycles. The van der Waals surface area contributed by atoms with Crippen LogP contribution in [0.2, 0.25) is 5.02 Å². The molecule has 148 valence electrons. The number of ether oxygens (including phenoxy) is 2. The van der Waals surface area contributed by atoms with Crippen LogP contribution in [-0.2, 0) is 24.3 Å². The third-order valence-corrected chi connectivity index (χ3v) is 6.53. The highest BCUT2D eigenvalue weighted by Gasteiger charge is 2.46. The zero-order valence-electron chi connectivity index (χ0n) is 14.9. The number of carbonyl (C=O) groups is 2. The Balaban J connectivity index is 1.82. The number of rotatable bonds is 5. The van der Waals surface area contributed by atoms with Gasteiger partial charge in [-0.05, 0) is 36.4 Å². The highest BCUT2D eigenvalue weighted by atomic mass is 35.5. The Morgan fingerprint density at radius 1 is 1.07 bits per heavy atom. The van der Waals surface area contributed by atoms with E-state index in [-0.39, 0.29) is 23.4 Å². The summed E-state index contributed by atoms with van der Waals surface area (Å²) in [5, 5.41) is 0.475. The fourth-order valence-corrected chi connectivity index (χ4v) is 4.77. The van der Waals surface area contributed by atoms with E-state index in [0.29, 0.717) is 5.02 Å². The van der Waals surface area contributed by atoms with Crippen molar-refractivity contribution < 1.29 is 27.5 Å². The van der Waals surface area contributed by atoms with Crippen molar-refractivity contribution in [3.05, 3.63) is 65.2 Å². The Bertz CT molecular complexity index is 962. The fraction of sp³-hybridized carbons (Fsp3) is 0.263. The van der Waals surface area contributed by atoms with E-state index in [4.69, 9.17) is 21.1 Å². The average Bonchev–Trinajstić information content (AvgIpc) is 3.13. The highest BCUT2D eigenvalue weighted by molar-refractivity contribution is 7.89. The number of sulfonamides is 1. The molecule has 0 radical (unpaired) electrons. The minimum absolute atomic E-state index is 0.0120. The first-order valence-corrected chi connectivity index (χ1v) is 10.3. The van der Waals surface area contributed by atoms with Gasteiger partial charge in [-0.1, -0.05) is 29.8 Å². The first-order valence-electron chi connectivity index (χ1n) is 8.44. The van der Waals surface area contributed by atoms with Crippen LogP contribution in [0.4, 0.5) is 0 Å². The molecule has 0 spiro atoms. The summed E-state index contributed by atoms with van der Waals surface area (Å²) in [6, 6.07) is 12.8. The molecule has 28 heavy (non-hydrogen) atoms. The van der Waals surface area contributed by atoms with Gasteiger partial charge >= 0.3 is 11.9 Å². The summed E-state index contributed by atoms with van der Waals surface area (Å²) in [7, 11) is -2.77. The van der Waals surface area contributed by atoms with Crippen LogP contribution in [0.3, 0.4) is 0 Å². The van der Waals surface area contributed by atoms with Crippen LogP contribution in [0, 0.1) is 0 Å². The van der Waals surface area contributed by atoms with Gasteiger partial charge < -0.3 is 9.47 Å². The average molecular weight is 424 g/mol. The Morgan fingerprint density at radius 3 is 2.32 bits per heavy atom. The number of benzene rings is 2. The van der Waals surface area contributed by atoms with Gasteiger partial charge in [0.2, 0.25) is 10.0 Å². The van der Waals surface area contributed by atoms with E-state index < -0.39 is 34.1 Å². The summed E-state index contributed by atoms with van der Waals surface area (Å²) < 4.78 is 37.1. The second kappa shape index (κ2) is 8.30. The monoisotopic (exact) mass is 423 g/mol. The van der Waals surface area contributed by atoms with Crippen molar-refractivity contribution in [2.24, 2.45) is 0 Å². The molecule has 9 heteroatoms.